The summed E-state index contributed by atoms with van der Waals surface area (Å²) >= 11 is 0. The first-order valence-electron chi connectivity index (χ1n) is 4.60. The summed E-state index contributed by atoms with van der Waals surface area (Å²) in [5, 5.41) is 6.28. The van der Waals surface area contributed by atoms with Crippen LogP contribution in [0.3, 0.4) is 0 Å². The van der Waals surface area contributed by atoms with Crippen molar-refractivity contribution in [2.75, 3.05) is 13.1 Å². The van der Waals surface area contributed by atoms with E-state index in [0.29, 0.717) is 24.5 Å². The van der Waals surface area contributed by atoms with Crippen LogP contribution in [0.4, 0.5) is 0 Å². The van der Waals surface area contributed by atoms with Gasteiger partial charge in [0.15, 0.2) is 5.69 Å². The van der Waals surface area contributed by atoms with E-state index in [-0.39, 0.29) is 11.8 Å². The number of hydrogen-bond acceptors (Lipinski definition) is 4. The van der Waals surface area contributed by atoms with Crippen molar-refractivity contribution in [3.8, 4) is 0 Å². The molecule has 0 saturated carbocycles. The molecule has 0 radical (unpaired) electrons. The molecule has 0 aliphatic rings. The van der Waals surface area contributed by atoms with E-state index in [9.17, 15) is 4.79 Å². The summed E-state index contributed by atoms with van der Waals surface area (Å²) in [7, 11) is 0. The van der Waals surface area contributed by atoms with Crippen molar-refractivity contribution in [2.24, 2.45) is 5.73 Å². The second-order valence-electron chi connectivity index (χ2n) is 3.31. The first kappa shape index (κ1) is 10.7. The molecule has 14 heavy (non-hydrogen) atoms. The molecule has 0 aromatic carbocycles. The van der Waals surface area contributed by atoms with Crippen molar-refractivity contribution < 1.29 is 9.32 Å². The van der Waals surface area contributed by atoms with Gasteiger partial charge in [-0.3, -0.25) is 4.79 Å². The van der Waals surface area contributed by atoms with Crippen LogP contribution < -0.4 is 11.1 Å². The largest absolute Gasteiger partial charge is 0.360 e. The van der Waals surface area contributed by atoms with Gasteiger partial charge in [0.2, 0.25) is 0 Å². The van der Waals surface area contributed by atoms with Gasteiger partial charge in [-0.2, -0.15) is 0 Å². The molecular formula is C9H15N3O2. The van der Waals surface area contributed by atoms with Crippen molar-refractivity contribution in [1.82, 2.24) is 10.5 Å². The first-order chi connectivity index (χ1) is 6.65. The number of rotatable bonds is 4. The molecule has 0 spiro atoms. The van der Waals surface area contributed by atoms with Crippen molar-refractivity contribution in [2.45, 2.75) is 19.8 Å². The fourth-order valence-electron chi connectivity index (χ4n) is 0.945. The monoisotopic (exact) mass is 197 g/mol. The summed E-state index contributed by atoms with van der Waals surface area (Å²) < 4.78 is 4.99. The molecule has 0 bridgehead atoms. The van der Waals surface area contributed by atoms with Gasteiger partial charge in [-0.1, -0.05) is 19.0 Å². The van der Waals surface area contributed by atoms with Gasteiger partial charge in [0.1, 0.15) is 5.76 Å². The predicted octanol–water partition coefficient (Wildman–Crippen LogP) is 0.487. The lowest BCUT2D eigenvalue weighted by Gasteiger charge is -1.97. The van der Waals surface area contributed by atoms with Crippen LogP contribution in [0, 0.1) is 0 Å². The quantitative estimate of drug-likeness (QED) is 0.735. The standard InChI is InChI=1S/C9H15N3O2/c1-6(2)8-5-7(12-14-8)9(13)11-4-3-10/h5-6H,3-4,10H2,1-2H3,(H,11,13). The summed E-state index contributed by atoms with van der Waals surface area (Å²) in [4.78, 5) is 11.4. The zero-order valence-corrected chi connectivity index (χ0v) is 8.41. The lowest BCUT2D eigenvalue weighted by molar-refractivity contribution is 0.0945. The van der Waals surface area contributed by atoms with Crippen LogP contribution in [0.2, 0.25) is 0 Å². The highest BCUT2D eigenvalue weighted by Crippen LogP contribution is 2.14. The van der Waals surface area contributed by atoms with Gasteiger partial charge in [-0.25, -0.2) is 0 Å². The summed E-state index contributed by atoms with van der Waals surface area (Å²) in [6, 6.07) is 1.65. The number of amides is 1. The van der Waals surface area contributed by atoms with Gasteiger partial charge in [-0.05, 0) is 0 Å². The topological polar surface area (TPSA) is 81.2 Å². The minimum absolute atomic E-state index is 0.235. The van der Waals surface area contributed by atoms with Crippen molar-refractivity contribution in [1.29, 1.82) is 0 Å². The number of nitrogens with two attached hydrogens (primary N) is 1. The van der Waals surface area contributed by atoms with Crippen LogP contribution in [0.1, 0.15) is 36.0 Å². The molecule has 0 saturated heterocycles. The van der Waals surface area contributed by atoms with E-state index >= 15 is 0 Å². The lowest BCUT2D eigenvalue weighted by Crippen LogP contribution is -2.29. The summed E-state index contributed by atoms with van der Waals surface area (Å²) in [6.45, 7) is 4.81. The maximum absolute atomic E-state index is 11.4. The summed E-state index contributed by atoms with van der Waals surface area (Å²) in [5.74, 6) is 0.701. The van der Waals surface area contributed by atoms with Gasteiger partial charge in [-0.15, -0.1) is 0 Å². The van der Waals surface area contributed by atoms with E-state index in [4.69, 9.17) is 10.3 Å². The summed E-state index contributed by atoms with van der Waals surface area (Å²) in [6.07, 6.45) is 0. The highest BCUT2D eigenvalue weighted by molar-refractivity contribution is 5.92. The average Bonchev–Trinajstić information content (AvgIpc) is 2.62. The minimum Gasteiger partial charge on any atom is -0.360 e. The first-order valence-corrected chi connectivity index (χ1v) is 4.60. The number of hydrogen-bond donors (Lipinski definition) is 2. The Morgan fingerprint density at radius 2 is 2.43 bits per heavy atom. The summed E-state index contributed by atoms with van der Waals surface area (Å²) in [5.41, 5.74) is 5.56. The molecule has 78 valence electrons. The zero-order chi connectivity index (χ0) is 10.6. The van der Waals surface area contributed by atoms with E-state index < -0.39 is 0 Å². The Bertz CT molecular complexity index is 307. The molecular weight excluding hydrogens is 182 g/mol. The number of carbonyl (C=O) groups is 1. The van der Waals surface area contributed by atoms with Crippen LogP contribution in [0.25, 0.3) is 0 Å². The van der Waals surface area contributed by atoms with Gasteiger partial charge >= 0.3 is 0 Å². The number of nitrogens with one attached hydrogen (secondary N) is 1. The lowest BCUT2D eigenvalue weighted by atomic mass is 10.1. The normalized spacial score (nSPS) is 10.6. The number of carbonyl (C=O) groups excluding carboxylic acids is 1. The Kier molecular flexibility index (Phi) is 3.64. The molecule has 3 N–H and O–H groups in total. The second-order valence-corrected chi connectivity index (χ2v) is 3.31. The fourth-order valence-corrected chi connectivity index (χ4v) is 0.945. The third kappa shape index (κ3) is 2.56. The Morgan fingerprint density at radius 1 is 1.71 bits per heavy atom. The number of nitrogens with zero attached hydrogens (tertiary/aromatic N) is 1. The molecule has 0 atom stereocenters. The van der Waals surface area contributed by atoms with Crippen LogP contribution in [-0.4, -0.2) is 24.2 Å². The molecule has 0 aliphatic heterocycles. The average molecular weight is 197 g/mol. The second kappa shape index (κ2) is 4.76. The highest BCUT2D eigenvalue weighted by Gasteiger charge is 2.13. The zero-order valence-electron chi connectivity index (χ0n) is 8.41. The molecule has 0 aliphatic carbocycles. The van der Waals surface area contributed by atoms with Crippen LogP contribution in [0.15, 0.2) is 10.6 Å². The fraction of sp³-hybridized carbons (Fsp3) is 0.556. The van der Waals surface area contributed by atoms with E-state index in [1.165, 1.54) is 0 Å². The Labute approximate surface area is 82.6 Å². The smallest absolute Gasteiger partial charge is 0.273 e. The molecule has 1 aromatic heterocycles. The minimum atomic E-state index is -0.244. The van der Waals surface area contributed by atoms with Crippen molar-refractivity contribution in [3.05, 3.63) is 17.5 Å². The molecule has 1 aromatic rings. The van der Waals surface area contributed by atoms with Crippen LogP contribution in [-0.2, 0) is 0 Å². The van der Waals surface area contributed by atoms with Gasteiger partial charge in [0.05, 0.1) is 0 Å². The van der Waals surface area contributed by atoms with Gasteiger partial charge in [0, 0.05) is 25.1 Å². The molecule has 5 heteroatoms. The third-order valence-electron chi connectivity index (χ3n) is 1.76. The van der Waals surface area contributed by atoms with E-state index in [1.54, 1.807) is 6.07 Å². The van der Waals surface area contributed by atoms with Crippen LogP contribution in [0.5, 0.6) is 0 Å². The maximum atomic E-state index is 11.4. The predicted molar refractivity (Wildman–Crippen MR) is 52.0 cm³/mol. The van der Waals surface area contributed by atoms with Crippen LogP contribution >= 0.6 is 0 Å². The molecule has 0 fully saturated rings. The Balaban J connectivity index is 2.62. The highest BCUT2D eigenvalue weighted by atomic mass is 16.5. The Hall–Kier alpha value is -1.36. The Morgan fingerprint density at radius 3 is 2.93 bits per heavy atom. The maximum Gasteiger partial charge on any atom is 0.273 e. The van der Waals surface area contributed by atoms with Crippen molar-refractivity contribution >= 4 is 5.91 Å². The molecule has 1 amide bonds. The van der Waals surface area contributed by atoms with Crippen molar-refractivity contribution in [3.63, 3.8) is 0 Å². The number of aromatic nitrogens is 1. The molecule has 5 nitrogen and oxygen atoms in total. The van der Waals surface area contributed by atoms with E-state index in [1.807, 2.05) is 13.8 Å². The van der Waals surface area contributed by atoms with E-state index in [2.05, 4.69) is 10.5 Å². The SMILES string of the molecule is CC(C)c1cc(C(=O)NCCN)no1. The van der Waals surface area contributed by atoms with Gasteiger partial charge < -0.3 is 15.6 Å². The molecule has 1 rings (SSSR count). The van der Waals surface area contributed by atoms with E-state index in [0.717, 1.165) is 0 Å². The molecule has 0 unspecified atom stereocenters. The van der Waals surface area contributed by atoms with Gasteiger partial charge in [0.25, 0.3) is 5.91 Å². The molecule has 1 heterocycles. The third-order valence-corrected chi connectivity index (χ3v) is 1.76.